The van der Waals surface area contributed by atoms with Gasteiger partial charge in [-0.15, -0.1) is 17.5 Å². The van der Waals surface area contributed by atoms with Gasteiger partial charge in [0.1, 0.15) is 35.0 Å². The highest BCUT2D eigenvalue weighted by Crippen LogP contribution is 2.25. The standard InChI is InChI=1S/C13H38N8O3/c1-12(2,3)18(8,14)22-20(10,16)24-21(11,17-7)23-19(9,15)13(4,5)6/h7,14-16H2,1-6,8-11H3/q+4. The molecule has 0 spiro atoms. The second-order valence-electron chi connectivity index (χ2n) is 8.42. The van der Waals surface area contributed by atoms with Crippen LogP contribution in [0.25, 0.3) is 0 Å². The van der Waals surface area contributed by atoms with E-state index in [1.54, 1.807) is 14.1 Å². The zero-order valence-electron chi connectivity index (χ0n) is 16.9. The summed E-state index contributed by atoms with van der Waals surface area (Å²) >= 11 is 0. The molecular weight excluding hydrogens is 316 g/mol. The lowest BCUT2D eigenvalue weighted by Crippen LogP contribution is -2.73. The van der Waals surface area contributed by atoms with Crippen LogP contribution in [0.3, 0.4) is 0 Å². The van der Waals surface area contributed by atoms with Crippen LogP contribution >= 0.6 is 0 Å². The van der Waals surface area contributed by atoms with E-state index in [0.717, 1.165) is 0 Å². The van der Waals surface area contributed by atoms with E-state index in [1.807, 2.05) is 41.5 Å². The highest BCUT2D eigenvalue weighted by atomic mass is 17.3. The van der Waals surface area contributed by atoms with Crippen molar-refractivity contribution < 1.29 is 34.2 Å². The van der Waals surface area contributed by atoms with E-state index in [2.05, 4.69) is 11.8 Å². The molecule has 0 aliphatic rings. The van der Waals surface area contributed by atoms with Crippen molar-refractivity contribution in [3.05, 3.63) is 0 Å². The van der Waals surface area contributed by atoms with Crippen molar-refractivity contribution in [2.24, 2.45) is 22.6 Å². The summed E-state index contributed by atoms with van der Waals surface area (Å²) in [5, 5.41) is 3.82. The molecule has 0 aromatic heterocycles. The largest absolute Gasteiger partial charge is 0.188 e. The highest BCUT2D eigenvalue weighted by Gasteiger charge is 2.55. The quantitative estimate of drug-likeness (QED) is 0.259. The van der Waals surface area contributed by atoms with Gasteiger partial charge in [0.25, 0.3) is 0 Å². The van der Waals surface area contributed by atoms with Gasteiger partial charge in [0, 0.05) is 0 Å². The molecule has 24 heavy (non-hydrogen) atoms. The van der Waals surface area contributed by atoms with Crippen molar-refractivity contribution >= 4 is 6.72 Å². The number of quaternary nitrogens is 4. The Morgan fingerprint density at radius 3 is 1.33 bits per heavy atom. The first-order valence-electron chi connectivity index (χ1n) is 7.62. The molecule has 0 radical (unpaired) electrons. The van der Waals surface area contributed by atoms with Crippen LogP contribution in [0.4, 0.5) is 0 Å². The average molecular weight is 355 g/mol. The van der Waals surface area contributed by atoms with E-state index < -0.39 is 20.9 Å². The minimum absolute atomic E-state index is 0.365. The van der Waals surface area contributed by atoms with Crippen LogP contribution in [0.2, 0.25) is 0 Å². The summed E-state index contributed by atoms with van der Waals surface area (Å²) in [5.41, 5.74) is -0.922. The van der Waals surface area contributed by atoms with Crippen LogP contribution in [-0.4, -0.2) is 65.3 Å². The zero-order chi connectivity index (χ0) is 19.8. The summed E-state index contributed by atoms with van der Waals surface area (Å²) < 4.78 is -0.734. The van der Waals surface area contributed by atoms with Gasteiger partial charge in [0.15, 0.2) is 19.0 Å². The molecule has 0 bridgehead atoms. The maximum absolute atomic E-state index is 6.19. The van der Waals surface area contributed by atoms with Crippen molar-refractivity contribution in [1.82, 2.24) is 0 Å². The molecule has 4 atom stereocenters. The summed E-state index contributed by atoms with van der Waals surface area (Å²) in [7, 11) is 6.23. The van der Waals surface area contributed by atoms with Gasteiger partial charge >= 0.3 is 0 Å². The molecule has 6 N–H and O–H groups in total. The third kappa shape index (κ3) is 5.97. The fourth-order valence-corrected chi connectivity index (χ4v) is 1.28. The third-order valence-corrected chi connectivity index (χ3v) is 3.89. The maximum atomic E-state index is 6.19. The first-order valence-corrected chi connectivity index (χ1v) is 7.62. The Kier molecular flexibility index (Phi) is 6.33. The molecule has 0 heterocycles. The fourth-order valence-electron chi connectivity index (χ4n) is 1.28. The van der Waals surface area contributed by atoms with Crippen molar-refractivity contribution in [3.8, 4) is 0 Å². The first kappa shape index (κ1) is 23.3. The minimum Gasteiger partial charge on any atom is -0.142 e. The number of hydroxylamine groups is 8. The average Bonchev–Trinajstić information content (AvgIpc) is 2.22. The molecule has 11 nitrogen and oxygen atoms in total. The van der Waals surface area contributed by atoms with Crippen LogP contribution in [0.1, 0.15) is 41.5 Å². The third-order valence-electron chi connectivity index (χ3n) is 3.89. The molecule has 0 aromatic carbocycles. The molecule has 0 saturated heterocycles. The van der Waals surface area contributed by atoms with Gasteiger partial charge in [-0.05, 0) is 56.2 Å². The van der Waals surface area contributed by atoms with Gasteiger partial charge in [-0.25, -0.2) is 0 Å². The van der Waals surface area contributed by atoms with Crippen LogP contribution in [0, 0.1) is 0 Å². The summed E-state index contributed by atoms with van der Waals surface area (Å²) in [6.45, 7) is 14.9. The van der Waals surface area contributed by atoms with Crippen LogP contribution in [0.15, 0.2) is 5.10 Å². The minimum atomic E-state index is -0.899. The van der Waals surface area contributed by atoms with Crippen LogP contribution < -0.4 is 17.5 Å². The van der Waals surface area contributed by atoms with Gasteiger partial charge in [-0.2, -0.15) is 0 Å². The molecule has 0 aliphatic carbocycles. The Morgan fingerprint density at radius 2 is 1.04 bits per heavy atom. The maximum Gasteiger partial charge on any atom is 0.188 e. The molecule has 0 amide bonds. The van der Waals surface area contributed by atoms with E-state index in [4.69, 9.17) is 32.3 Å². The molecule has 11 heteroatoms. The molecule has 0 saturated carbocycles. The smallest absolute Gasteiger partial charge is 0.142 e. The Balaban J connectivity index is 5.39. The van der Waals surface area contributed by atoms with Crippen molar-refractivity contribution in [1.29, 1.82) is 0 Å². The predicted molar refractivity (Wildman–Crippen MR) is 89.6 cm³/mol. The van der Waals surface area contributed by atoms with Gasteiger partial charge in [0.05, 0.1) is 16.6 Å². The highest BCUT2D eigenvalue weighted by molar-refractivity contribution is 5.21. The Hall–Kier alpha value is -0.730. The van der Waals surface area contributed by atoms with Crippen LogP contribution in [-0.2, 0) is 14.8 Å². The first-order chi connectivity index (χ1) is 10.2. The molecule has 144 valence electrons. The Bertz CT molecular complexity index is 453. The van der Waals surface area contributed by atoms with E-state index in [1.165, 1.54) is 14.1 Å². The molecule has 0 fully saturated rings. The number of hydrogen-bond acceptors (Lipinski definition) is 7. The van der Waals surface area contributed by atoms with Crippen LogP contribution in [0.5, 0.6) is 0 Å². The van der Waals surface area contributed by atoms with Gasteiger partial charge in [-0.3, -0.25) is 0 Å². The summed E-state index contributed by atoms with van der Waals surface area (Å²) in [5.74, 6) is 18.4. The molecule has 0 aliphatic heterocycles. The topological polar surface area (TPSA) is 118 Å². The number of hydrogen-bond donors (Lipinski definition) is 3. The van der Waals surface area contributed by atoms with Gasteiger partial charge in [-0.1, -0.05) is 0 Å². The molecule has 0 rings (SSSR count). The second-order valence-corrected chi connectivity index (χ2v) is 8.42. The van der Waals surface area contributed by atoms with Gasteiger partial charge < -0.3 is 0 Å². The normalized spacial score (nSPS) is 23.5. The number of nitrogens with two attached hydrogens (primary N) is 3. The zero-order valence-corrected chi connectivity index (χ0v) is 16.9. The number of nitrogens with zero attached hydrogens (tertiary/aromatic N) is 5. The summed E-state index contributed by atoms with van der Waals surface area (Å²) in [6, 6.07) is 0. The Morgan fingerprint density at radius 1 is 0.708 bits per heavy atom. The van der Waals surface area contributed by atoms with E-state index in [9.17, 15) is 0 Å². The van der Waals surface area contributed by atoms with E-state index in [0.29, 0.717) is 0 Å². The molecule has 0 aromatic rings. The lowest BCUT2D eigenvalue weighted by atomic mass is 10.1. The monoisotopic (exact) mass is 354 g/mol. The van der Waals surface area contributed by atoms with Crippen molar-refractivity contribution in [3.63, 3.8) is 0 Å². The second kappa shape index (κ2) is 6.53. The Labute approximate surface area is 145 Å². The lowest BCUT2D eigenvalue weighted by Gasteiger charge is -2.39. The van der Waals surface area contributed by atoms with E-state index in [-0.39, 0.29) is 9.51 Å². The predicted octanol–water partition coefficient (Wildman–Crippen LogP) is 0.146. The fraction of sp³-hybridized carbons (Fsp3) is 0.923. The van der Waals surface area contributed by atoms with Crippen molar-refractivity contribution in [2.75, 3.05) is 28.2 Å². The van der Waals surface area contributed by atoms with E-state index >= 15 is 0 Å². The molecule has 4 unspecified atom stereocenters. The lowest BCUT2D eigenvalue weighted by molar-refractivity contribution is -1.57. The molecular formula is C13H38N8O3+4. The SMILES string of the molecule is C=N[N+](C)(O[N+](C)(N)O[N+](C)(N)C(C)(C)C)O[N+](C)(N)C(C)(C)C. The van der Waals surface area contributed by atoms with Crippen molar-refractivity contribution in [2.45, 2.75) is 52.6 Å². The summed E-state index contributed by atoms with van der Waals surface area (Å²) in [6.07, 6.45) is 0. The number of rotatable bonds is 7. The summed E-state index contributed by atoms with van der Waals surface area (Å²) in [4.78, 5) is 15.3. The van der Waals surface area contributed by atoms with Gasteiger partial charge in [0.2, 0.25) is 0 Å².